The molecule has 1 fully saturated rings. The van der Waals surface area contributed by atoms with Crippen LogP contribution in [0.15, 0.2) is 58.5 Å². The van der Waals surface area contributed by atoms with Crippen LogP contribution >= 0.6 is 0 Å². The lowest BCUT2D eigenvalue weighted by Crippen LogP contribution is -2.42. The third-order valence-electron chi connectivity index (χ3n) is 5.11. The summed E-state index contributed by atoms with van der Waals surface area (Å²) in [6, 6.07) is 13.5. The van der Waals surface area contributed by atoms with Crippen LogP contribution in [0.5, 0.6) is 5.75 Å². The number of carbonyl (C=O) groups is 1. The Balaban J connectivity index is 1.59. The first-order chi connectivity index (χ1) is 13.8. The van der Waals surface area contributed by atoms with Crippen molar-refractivity contribution >= 4 is 21.6 Å². The van der Waals surface area contributed by atoms with Crippen LogP contribution < -0.4 is 5.43 Å². The molecule has 2 aromatic carbocycles. The molecule has 0 unspecified atom stereocenters. The third-order valence-corrected chi connectivity index (χ3v) is 7.02. The first kappa shape index (κ1) is 21.0. The highest BCUT2D eigenvalue weighted by atomic mass is 32.2. The Morgan fingerprint density at radius 2 is 1.72 bits per heavy atom. The van der Waals surface area contributed by atoms with Crippen LogP contribution in [-0.2, 0) is 14.8 Å². The van der Waals surface area contributed by atoms with Gasteiger partial charge in [0.25, 0.3) is 0 Å². The van der Waals surface area contributed by atoms with Gasteiger partial charge in [0.2, 0.25) is 15.9 Å². The monoisotopic (exact) mass is 415 g/mol. The number of piperidine rings is 1. The molecule has 8 heteroatoms. The molecule has 29 heavy (non-hydrogen) atoms. The summed E-state index contributed by atoms with van der Waals surface area (Å²) in [5, 5.41) is 13.9. The maximum Gasteiger partial charge on any atom is 0.243 e. The highest BCUT2D eigenvalue weighted by molar-refractivity contribution is 7.89. The zero-order valence-electron chi connectivity index (χ0n) is 16.5. The molecule has 1 aliphatic heterocycles. The molecule has 1 amide bonds. The smallest absolute Gasteiger partial charge is 0.243 e. The van der Waals surface area contributed by atoms with Gasteiger partial charge in [-0.05, 0) is 51.0 Å². The number of aromatic hydroxyl groups is 1. The number of benzene rings is 2. The van der Waals surface area contributed by atoms with Crippen molar-refractivity contribution in [3.8, 4) is 5.75 Å². The Kier molecular flexibility index (Phi) is 6.34. The highest BCUT2D eigenvalue weighted by Crippen LogP contribution is 2.24. The highest BCUT2D eigenvalue weighted by Gasteiger charge is 2.32. The van der Waals surface area contributed by atoms with E-state index in [0.29, 0.717) is 24.1 Å². The molecule has 1 heterocycles. The average molecular weight is 416 g/mol. The lowest BCUT2D eigenvalue weighted by Gasteiger charge is -2.30. The molecule has 1 aliphatic rings. The molecule has 0 bridgehead atoms. The van der Waals surface area contributed by atoms with E-state index in [-0.39, 0.29) is 35.6 Å². The predicted molar refractivity (Wildman–Crippen MR) is 111 cm³/mol. The lowest BCUT2D eigenvalue weighted by molar-refractivity contribution is -0.126. The van der Waals surface area contributed by atoms with Crippen molar-refractivity contribution < 1.29 is 18.3 Å². The van der Waals surface area contributed by atoms with Gasteiger partial charge >= 0.3 is 0 Å². The molecule has 2 aromatic rings. The summed E-state index contributed by atoms with van der Waals surface area (Å²) in [5.74, 6) is -0.454. The number of hydrazone groups is 1. The fraction of sp³-hybridized carbons (Fsp3) is 0.333. The van der Waals surface area contributed by atoms with Crippen LogP contribution in [0.25, 0.3) is 0 Å². The van der Waals surface area contributed by atoms with Crippen molar-refractivity contribution in [2.24, 2.45) is 11.0 Å². The normalized spacial score (nSPS) is 16.6. The van der Waals surface area contributed by atoms with Gasteiger partial charge < -0.3 is 5.11 Å². The summed E-state index contributed by atoms with van der Waals surface area (Å²) in [6.07, 6.45) is 0.865. The maximum absolute atomic E-state index is 12.8. The van der Waals surface area contributed by atoms with Gasteiger partial charge in [-0.1, -0.05) is 29.8 Å². The summed E-state index contributed by atoms with van der Waals surface area (Å²) in [7, 11) is -3.55. The van der Waals surface area contributed by atoms with Crippen LogP contribution in [0.4, 0.5) is 0 Å². The second-order valence-electron chi connectivity index (χ2n) is 7.18. The van der Waals surface area contributed by atoms with Gasteiger partial charge in [-0.25, -0.2) is 13.8 Å². The van der Waals surface area contributed by atoms with Gasteiger partial charge in [-0.15, -0.1) is 0 Å². The fourth-order valence-corrected chi connectivity index (χ4v) is 4.76. The summed E-state index contributed by atoms with van der Waals surface area (Å²) < 4.78 is 26.9. The number of carbonyl (C=O) groups excluding carboxylic acids is 1. The number of hydrogen-bond donors (Lipinski definition) is 2. The van der Waals surface area contributed by atoms with Crippen molar-refractivity contribution in [1.29, 1.82) is 0 Å². The molecule has 0 aliphatic carbocycles. The van der Waals surface area contributed by atoms with E-state index in [1.807, 2.05) is 6.92 Å². The molecule has 3 rings (SSSR count). The van der Waals surface area contributed by atoms with E-state index in [1.54, 1.807) is 55.5 Å². The number of aryl methyl sites for hydroxylation is 1. The molecular weight excluding hydrogens is 390 g/mol. The molecule has 0 aromatic heterocycles. The number of hydrogen-bond acceptors (Lipinski definition) is 5. The van der Waals surface area contributed by atoms with Crippen LogP contribution in [0.2, 0.25) is 0 Å². The number of sulfonamides is 1. The van der Waals surface area contributed by atoms with Gasteiger partial charge in [-0.2, -0.15) is 9.41 Å². The van der Waals surface area contributed by atoms with Crippen LogP contribution in [0.1, 0.15) is 30.9 Å². The zero-order chi connectivity index (χ0) is 21.0. The summed E-state index contributed by atoms with van der Waals surface area (Å²) in [5.41, 5.74) is 4.58. The minimum Gasteiger partial charge on any atom is -0.507 e. The Bertz CT molecular complexity index is 1010. The van der Waals surface area contributed by atoms with Gasteiger partial charge in [0.15, 0.2) is 0 Å². The number of phenolic OH excluding ortho intramolecular Hbond substituents is 1. The van der Waals surface area contributed by atoms with E-state index in [4.69, 9.17) is 0 Å². The molecule has 0 spiro atoms. The molecule has 0 saturated carbocycles. The summed E-state index contributed by atoms with van der Waals surface area (Å²) >= 11 is 0. The second kappa shape index (κ2) is 8.75. The number of rotatable bonds is 5. The summed E-state index contributed by atoms with van der Waals surface area (Å²) in [4.78, 5) is 12.7. The molecule has 2 N–H and O–H groups in total. The quantitative estimate of drug-likeness (QED) is 0.579. The number of nitrogens with zero attached hydrogens (tertiary/aromatic N) is 2. The first-order valence-electron chi connectivity index (χ1n) is 9.48. The van der Waals surface area contributed by atoms with Crippen molar-refractivity contribution in [3.63, 3.8) is 0 Å². The van der Waals surface area contributed by atoms with Crippen molar-refractivity contribution in [3.05, 3.63) is 59.7 Å². The molecule has 1 saturated heterocycles. The SMILES string of the molecule is C/C(=N/NC(=O)C1CCN(S(=O)(=O)c2ccc(C)cc2)CC1)c1ccccc1O. The lowest BCUT2D eigenvalue weighted by atomic mass is 9.98. The Labute approximate surface area is 171 Å². The van der Waals surface area contributed by atoms with Crippen LogP contribution in [0.3, 0.4) is 0 Å². The summed E-state index contributed by atoms with van der Waals surface area (Å²) in [6.45, 7) is 4.18. The van der Waals surface area contributed by atoms with Gasteiger partial charge in [0.1, 0.15) is 5.75 Å². The number of nitrogens with one attached hydrogen (secondary N) is 1. The van der Waals surface area contributed by atoms with E-state index in [2.05, 4.69) is 10.5 Å². The Morgan fingerprint density at radius 3 is 2.34 bits per heavy atom. The van der Waals surface area contributed by atoms with Gasteiger partial charge in [0, 0.05) is 24.6 Å². The van der Waals surface area contributed by atoms with Gasteiger partial charge in [0.05, 0.1) is 10.6 Å². The van der Waals surface area contributed by atoms with Crippen LogP contribution in [0, 0.1) is 12.8 Å². The van der Waals surface area contributed by atoms with Crippen molar-refractivity contribution in [1.82, 2.24) is 9.73 Å². The largest absolute Gasteiger partial charge is 0.507 e. The molecule has 0 radical (unpaired) electrons. The van der Waals surface area contributed by atoms with E-state index < -0.39 is 10.0 Å². The Hall–Kier alpha value is -2.71. The van der Waals surface area contributed by atoms with E-state index in [9.17, 15) is 18.3 Å². The second-order valence-corrected chi connectivity index (χ2v) is 9.12. The average Bonchev–Trinajstić information content (AvgIpc) is 2.72. The van der Waals surface area contributed by atoms with Crippen molar-refractivity contribution in [2.45, 2.75) is 31.6 Å². The van der Waals surface area contributed by atoms with E-state index in [0.717, 1.165) is 5.56 Å². The third kappa shape index (κ3) is 4.83. The number of para-hydroxylation sites is 1. The molecule has 7 nitrogen and oxygen atoms in total. The standard InChI is InChI=1S/C21H25N3O4S/c1-15-7-9-18(10-8-15)29(27,28)24-13-11-17(12-14-24)21(26)23-22-16(2)19-5-3-4-6-20(19)25/h3-10,17,25H,11-14H2,1-2H3,(H,23,26)/b22-16-. The van der Waals surface area contributed by atoms with Crippen molar-refractivity contribution in [2.75, 3.05) is 13.1 Å². The first-order valence-corrected chi connectivity index (χ1v) is 10.9. The predicted octanol–water partition coefficient (Wildman–Crippen LogP) is 2.64. The molecular formula is C21H25N3O4S. The molecule has 0 atom stereocenters. The maximum atomic E-state index is 12.8. The number of amides is 1. The Morgan fingerprint density at radius 1 is 1.10 bits per heavy atom. The zero-order valence-corrected chi connectivity index (χ0v) is 17.3. The topological polar surface area (TPSA) is 99.1 Å². The minimum absolute atomic E-state index is 0.0950. The minimum atomic E-state index is -3.55. The number of phenols is 1. The van der Waals surface area contributed by atoms with Crippen LogP contribution in [-0.4, -0.2) is 42.5 Å². The molecule has 154 valence electrons. The van der Waals surface area contributed by atoms with E-state index >= 15 is 0 Å². The van der Waals surface area contributed by atoms with E-state index in [1.165, 1.54) is 4.31 Å². The fourth-order valence-electron chi connectivity index (χ4n) is 3.29. The van der Waals surface area contributed by atoms with Gasteiger partial charge in [-0.3, -0.25) is 4.79 Å².